The summed E-state index contributed by atoms with van der Waals surface area (Å²) in [6.07, 6.45) is 0. The van der Waals surface area contributed by atoms with Gasteiger partial charge < -0.3 is 4.90 Å². The molecule has 0 unspecified atom stereocenters. The average molecular weight is 273 g/mol. The third-order valence-corrected chi connectivity index (χ3v) is 2.91. The van der Waals surface area contributed by atoms with Crippen molar-refractivity contribution < 1.29 is 4.39 Å². The largest absolute Gasteiger partial charge is 0.304 e. The van der Waals surface area contributed by atoms with E-state index in [-0.39, 0.29) is 10.0 Å². The number of thiol groups is 1. The van der Waals surface area contributed by atoms with Crippen molar-refractivity contribution in [3.8, 4) is 0 Å². The van der Waals surface area contributed by atoms with Crippen LogP contribution in [0, 0.1) is 5.82 Å². The van der Waals surface area contributed by atoms with Crippen molar-refractivity contribution in [2.24, 2.45) is 0 Å². The first-order chi connectivity index (χ1) is 8.06. The molecule has 4 heteroatoms. The van der Waals surface area contributed by atoms with Crippen molar-refractivity contribution >= 4 is 29.0 Å². The number of nitrogens with zero attached hydrogens (tertiary/aromatic N) is 1. The minimum Gasteiger partial charge on any atom is -0.304 e. The predicted octanol–water partition coefficient (Wildman–Crippen LogP) is 3.78. The molecular formula is C13H20FNS2. The Hall–Kier alpha value is -0.450. The second-order valence-electron chi connectivity index (χ2n) is 3.40. The Kier molecular flexibility index (Phi) is 9.31. The van der Waals surface area contributed by atoms with E-state index < -0.39 is 0 Å². The SMILES string of the molecule is CCN(CC)CC.Fc1ccccc1C(=S)S. The van der Waals surface area contributed by atoms with E-state index in [1.54, 1.807) is 18.2 Å². The van der Waals surface area contributed by atoms with Crippen molar-refractivity contribution in [3.05, 3.63) is 35.6 Å². The van der Waals surface area contributed by atoms with Crippen LogP contribution < -0.4 is 0 Å². The second-order valence-corrected chi connectivity index (χ2v) is 4.56. The first kappa shape index (κ1) is 16.6. The van der Waals surface area contributed by atoms with Gasteiger partial charge in [-0.25, -0.2) is 4.39 Å². The molecule has 0 radical (unpaired) electrons. The highest BCUT2D eigenvalue weighted by molar-refractivity contribution is 8.11. The lowest BCUT2D eigenvalue weighted by Gasteiger charge is -2.13. The van der Waals surface area contributed by atoms with Crippen LogP contribution in [0.3, 0.4) is 0 Å². The Labute approximate surface area is 114 Å². The Morgan fingerprint density at radius 3 is 1.88 bits per heavy atom. The molecule has 0 fully saturated rings. The summed E-state index contributed by atoms with van der Waals surface area (Å²) in [5, 5.41) is 0. The summed E-state index contributed by atoms with van der Waals surface area (Å²) < 4.78 is 13.0. The van der Waals surface area contributed by atoms with E-state index in [1.165, 1.54) is 25.7 Å². The fraction of sp³-hybridized carbons (Fsp3) is 0.462. The van der Waals surface area contributed by atoms with Crippen LogP contribution in [0.2, 0.25) is 0 Å². The van der Waals surface area contributed by atoms with E-state index in [9.17, 15) is 4.39 Å². The molecule has 0 aliphatic rings. The third kappa shape index (κ3) is 6.76. The summed E-state index contributed by atoms with van der Waals surface area (Å²) >= 11 is 8.52. The van der Waals surface area contributed by atoms with Crippen LogP contribution in [0.15, 0.2) is 24.3 Å². The molecule has 0 N–H and O–H groups in total. The normalized spacial score (nSPS) is 9.76. The third-order valence-electron chi connectivity index (χ3n) is 2.45. The second kappa shape index (κ2) is 9.57. The molecule has 17 heavy (non-hydrogen) atoms. The molecule has 0 saturated heterocycles. The Morgan fingerprint density at radius 2 is 1.65 bits per heavy atom. The van der Waals surface area contributed by atoms with Crippen molar-refractivity contribution in [1.82, 2.24) is 4.90 Å². The van der Waals surface area contributed by atoms with Crippen LogP contribution in [0.25, 0.3) is 0 Å². The highest BCUT2D eigenvalue weighted by atomic mass is 32.1. The zero-order valence-corrected chi connectivity index (χ0v) is 12.3. The topological polar surface area (TPSA) is 3.24 Å². The summed E-state index contributed by atoms with van der Waals surface area (Å²) in [6, 6.07) is 6.30. The highest BCUT2D eigenvalue weighted by Gasteiger charge is 2.00. The number of benzene rings is 1. The molecule has 0 amide bonds. The van der Waals surface area contributed by atoms with E-state index in [0.29, 0.717) is 5.56 Å². The zero-order chi connectivity index (χ0) is 13.3. The molecule has 96 valence electrons. The van der Waals surface area contributed by atoms with E-state index in [4.69, 9.17) is 0 Å². The summed E-state index contributed by atoms with van der Waals surface area (Å²) in [7, 11) is 0. The van der Waals surface area contributed by atoms with Gasteiger partial charge in [0.15, 0.2) is 0 Å². The molecule has 1 nitrogen and oxygen atoms in total. The minimum atomic E-state index is -0.317. The van der Waals surface area contributed by atoms with Crippen LogP contribution in [-0.2, 0) is 0 Å². The first-order valence-electron chi connectivity index (χ1n) is 5.76. The fourth-order valence-corrected chi connectivity index (χ4v) is 1.65. The Bertz CT molecular complexity index is 332. The van der Waals surface area contributed by atoms with Crippen LogP contribution in [0.4, 0.5) is 4.39 Å². The molecule has 1 rings (SSSR count). The van der Waals surface area contributed by atoms with Gasteiger partial charge in [-0.15, -0.1) is 12.6 Å². The van der Waals surface area contributed by atoms with E-state index >= 15 is 0 Å². The monoisotopic (exact) mass is 273 g/mol. The summed E-state index contributed by atoms with van der Waals surface area (Å²) in [5.41, 5.74) is 0.390. The Balaban J connectivity index is 0.000000325. The fourth-order valence-electron chi connectivity index (χ4n) is 1.31. The lowest BCUT2D eigenvalue weighted by Crippen LogP contribution is -2.21. The standard InChI is InChI=1S/C7H5FS2.C6H15N/c8-6-4-2-1-3-5(6)7(9)10;1-4-7(5-2)6-3/h1-4H,(H,9,10);4-6H2,1-3H3. The van der Waals surface area contributed by atoms with Gasteiger partial charge in [0.25, 0.3) is 0 Å². The van der Waals surface area contributed by atoms with Gasteiger partial charge in [0.2, 0.25) is 0 Å². The summed E-state index contributed by atoms with van der Waals surface area (Å²) in [6.45, 7) is 10.1. The van der Waals surface area contributed by atoms with Gasteiger partial charge in [-0.05, 0) is 25.7 Å². The van der Waals surface area contributed by atoms with Crippen molar-refractivity contribution in [2.75, 3.05) is 19.6 Å². The molecule has 1 aromatic rings. The molecule has 0 saturated carbocycles. The van der Waals surface area contributed by atoms with Crippen LogP contribution in [0.5, 0.6) is 0 Å². The van der Waals surface area contributed by atoms with Crippen molar-refractivity contribution in [3.63, 3.8) is 0 Å². The van der Waals surface area contributed by atoms with E-state index in [0.717, 1.165) is 0 Å². The molecule has 0 heterocycles. The maximum absolute atomic E-state index is 12.7. The number of rotatable bonds is 4. The van der Waals surface area contributed by atoms with E-state index in [1.807, 2.05) is 0 Å². The predicted molar refractivity (Wildman–Crippen MR) is 80.5 cm³/mol. The molecule has 0 aromatic heterocycles. The lowest BCUT2D eigenvalue weighted by atomic mass is 10.2. The highest BCUT2D eigenvalue weighted by Crippen LogP contribution is 2.09. The molecule has 0 atom stereocenters. The lowest BCUT2D eigenvalue weighted by molar-refractivity contribution is 0.321. The summed E-state index contributed by atoms with van der Waals surface area (Å²) in [4.78, 5) is 2.38. The number of halogens is 1. The molecule has 0 bridgehead atoms. The maximum atomic E-state index is 12.7. The quantitative estimate of drug-likeness (QED) is 0.657. The zero-order valence-electron chi connectivity index (χ0n) is 10.6. The average Bonchev–Trinajstić information content (AvgIpc) is 2.32. The molecule has 0 aliphatic carbocycles. The molecule has 1 aromatic carbocycles. The smallest absolute Gasteiger partial charge is 0.132 e. The number of hydrogen-bond acceptors (Lipinski definition) is 2. The van der Waals surface area contributed by atoms with Gasteiger partial charge in [0.1, 0.15) is 5.82 Å². The number of hydrogen-bond donors (Lipinski definition) is 1. The van der Waals surface area contributed by atoms with E-state index in [2.05, 4.69) is 50.5 Å². The van der Waals surface area contributed by atoms with Crippen LogP contribution in [-0.4, -0.2) is 28.7 Å². The molecule has 0 spiro atoms. The minimum absolute atomic E-state index is 0.290. The van der Waals surface area contributed by atoms with Crippen molar-refractivity contribution in [1.29, 1.82) is 0 Å². The maximum Gasteiger partial charge on any atom is 0.132 e. The van der Waals surface area contributed by atoms with Gasteiger partial charge in [-0.3, -0.25) is 0 Å². The summed E-state index contributed by atoms with van der Waals surface area (Å²) in [5.74, 6) is -0.317. The van der Waals surface area contributed by atoms with Gasteiger partial charge >= 0.3 is 0 Å². The van der Waals surface area contributed by atoms with Crippen molar-refractivity contribution in [2.45, 2.75) is 20.8 Å². The first-order valence-corrected chi connectivity index (χ1v) is 6.62. The van der Waals surface area contributed by atoms with Gasteiger partial charge in [-0.1, -0.05) is 51.2 Å². The number of thiocarbonyl (C=S) groups is 1. The molecule has 0 aliphatic heterocycles. The van der Waals surface area contributed by atoms with Gasteiger partial charge in [-0.2, -0.15) is 0 Å². The Morgan fingerprint density at radius 1 is 1.18 bits per heavy atom. The van der Waals surface area contributed by atoms with Crippen LogP contribution >= 0.6 is 24.8 Å². The van der Waals surface area contributed by atoms with Crippen LogP contribution in [0.1, 0.15) is 26.3 Å². The molecular weight excluding hydrogens is 253 g/mol. The van der Waals surface area contributed by atoms with Gasteiger partial charge in [0, 0.05) is 5.56 Å². The van der Waals surface area contributed by atoms with Gasteiger partial charge in [0.05, 0.1) is 4.20 Å².